The van der Waals surface area contributed by atoms with Crippen LogP contribution in [0.15, 0.2) is 24.3 Å². The number of amides is 1. The number of ether oxygens (including phenoxy) is 3. The van der Waals surface area contributed by atoms with Crippen LogP contribution in [0.4, 0.5) is 0 Å². The van der Waals surface area contributed by atoms with E-state index in [-0.39, 0.29) is 13.2 Å². The molecule has 2 N–H and O–H groups in total. The average molecular weight is 283 g/mol. The van der Waals surface area contributed by atoms with E-state index in [1.807, 2.05) is 0 Å². The summed E-state index contributed by atoms with van der Waals surface area (Å²) in [7, 11) is 2.84. The SMILES string of the molecule is COCC(NC(=O)COc1ccccc1OC)C(=O)O. The van der Waals surface area contributed by atoms with Crippen molar-refractivity contribution in [3.05, 3.63) is 24.3 Å². The van der Waals surface area contributed by atoms with E-state index in [2.05, 4.69) is 5.32 Å². The highest BCUT2D eigenvalue weighted by atomic mass is 16.5. The predicted octanol–water partition coefficient (Wildman–Crippen LogP) is 0.290. The van der Waals surface area contributed by atoms with Gasteiger partial charge in [-0.1, -0.05) is 12.1 Å². The number of methoxy groups -OCH3 is 2. The highest BCUT2D eigenvalue weighted by Gasteiger charge is 2.20. The second kappa shape index (κ2) is 8.00. The van der Waals surface area contributed by atoms with Crippen LogP contribution in [0.3, 0.4) is 0 Å². The van der Waals surface area contributed by atoms with Gasteiger partial charge in [-0.05, 0) is 12.1 Å². The first-order chi connectivity index (χ1) is 9.58. The van der Waals surface area contributed by atoms with Gasteiger partial charge in [-0.25, -0.2) is 4.79 Å². The summed E-state index contributed by atoms with van der Waals surface area (Å²) in [5.41, 5.74) is 0. The number of para-hydroxylation sites is 2. The summed E-state index contributed by atoms with van der Waals surface area (Å²) in [5.74, 6) is -0.825. The molecule has 7 nitrogen and oxygen atoms in total. The highest BCUT2D eigenvalue weighted by molar-refractivity contribution is 5.84. The summed E-state index contributed by atoms with van der Waals surface area (Å²) >= 11 is 0. The summed E-state index contributed by atoms with van der Waals surface area (Å²) < 4.78 is 15.1. The zero-order valence-electron chi connectivity index (χ0n) is 11.3. The molecule has 1 aromatic carbocycles. The first-order valence-corrected chi connectivity index (χ1v) is 5.85. The van der Waals surface area contributed by atoms with Gasteiger partial charge in [-0.15, -0.1) is 0 Å². The molecule has 0 aromatic heterocycles. The summed E-state index contributed by atoms with van der Waals surface area (Å²) in [4.78, 5) is 22.5. The third kappa shape index (κ3) is 4.77. The maximum Gasteiger partial charge on any atom is 0.328 e. The molecular weight excluding hydrogens is 266 g/mol. The third-order valence-corrected chi connectivity index (χ3v) is 2.39. The quantitative estimate of drug-likeness (QED) is 0.712. The maximum absolute atomic E-state index is 11.6. The van der Waals surface area contributed by atoms with Crippen LogP contribution in [0.5, 0.6) is 11.5 Å². The number of rotatable bonds is 8. The van der Waals surface area contributed by atoms with Gasteiger partial charge < -0.3 is 24.6 Å². The van der Waals surface area contributed by atoms with E-state index < -0.39 is 17.9 Å². The van der Waals surface area contributed by atoms with Crippen LogP contribution in [0.25, 0.3) is 0 Å². The molecule has 0 aliphatic rings. The number of nitrogens with one attached hydrogen (secondary N) is 1. The number of carbonyl (C=O) groups is 2. The van der Waals surface area contributed by atoms with Crippen molar-refractivity contribution in [1.29, 1.82) is 0 Å². The molecule has 0 saturated heterocycles. The molecular formula is C13H17NO6. The molecule has 1 aromatic rings. The number of hydrogen-bond donors (Lipinski definition) is 2. The van der Waals surface area contributed by atoms with Gasteiger partial charge in [0.2, 0.25) is 0 Å². The molecule has 0 aliphatic heterocycles. The Morgan fingerprint density at radius 2 is 1.90 bits per heavy atom. The van der Waals surface area contributed by atoms with E-state index in [0.717, 1.165) is 0 Å². The second-order valence-electron chi connectivity index (χ2n) is 3.85. The van der Waals surface area contributed by atoms with Crippen molar-refractivity contribution in [2.45, 2.75) is 6.04 Å². The monoisotopic (exact) mass is 283 g/mol. The molecule has 1 amide bonds. The molecule has 1 unspecified atom stereocenters. The number of benzene rings is 1. The lowest BCUT2D eigenvalue weighted by atomic mass is 10.3. The smallest absolute Gasteiger partial charge is 0.328 e. The van der Waals surface area contributed by atoms with Crippen LogP contribution < -0.4 is 14.8 Å². The van der Waals surface area contributed by atoms with E-state index in [0.29, 0.717) is 11.5 Å². The highest BCUT2D eigenvalue weighted by Crippen LogP contribution is 2.25. The summed E-state index contributed by atoms with van der Waals surface area (Å²) in [6, 6.07) is 5.74. The van der Waals surface area contributed by atoms with Gasteiger partial charge >= 0.3 is 5.97 Å². The zero-order valence-corrected chi connectivity index (χ0v) is 11.3. The minimum Gasteiger partial charge on any atom is -0.493 e. The Bertz CT molecular complexity index is 462. The molecule has 1 rings (SSSR count). The summed E-state index contributed by atoms with van der Waals surface area (Å²) in [5, 5.41) is 11.2. The molecule has 0 bridgehead atoms. The van der Waals surface area contributed by atoms with Crippen molar-refractivity contribution >= 4 is 11.9 Å². The fourth-order valence-corrected chi connectivity index (χ4v) is 1.46. The lowest BCUT2D eigenvalue weighted by Gasteiger charge is -2.14. The van der Waals surface area contributed by atoms with Crippen molar-refractivity contribution < 1.29 is 28.9 Å². The molecule has 20 heavy (non-hydrogen) atoms. The van der Waals surface area contributed by atoms with E-state index in [4.69, 9.17) is 19.3 Å². The molecule has 1 atom stereocenters. The summed E-state index contributed by atoms with van der Waals surface area (Å²) in [6.07, 6.45) is 0. The average Bonchev–Trinajstić information content (AvgIpc) is 2.44. The molecule has 0 saturated carbocycles. The summed E-state index contributed by atoms with van der Waals surface area (Å²) in [6.45, 7) is -0.427. The molecule has 0 radical (unpaired) electrons. The standard InChI is InChI=1S/C13H17NO6/c1-18-7-9(13(16)17)14-12(15)8-20-11-6-4-3-5-10(11)19-2/h3-6,9H,7-8H2,1-2H3,(H,14,15)(H,16,17). The van der Waals surface area contributed by atoms with Gasteiger partial charge in [0.15, 0.2) is 24.1 Å². The number of carboxylic acid groups (broad SMARTS) is 1. The van der Waals surface area contributed by atoms with E-state index in [1.165, 1.54) is 14.2 Å². The normalized spacial score (nSPS) is 11.5. The molecule has 110 valence electrons. The maximum atomic E-state index is 11.6. The Labute approximate surface area is 116 Å². The Kier molecular flexibility index (Phi) is 6.31. The number of carboxylic acids is 1. The van der Waals surface area contributed by atoms with Gasteiger partial charge in [0.25, 0.3) is 5.91 Å². The number of hydrogen-bond acceptors (Lipinski definition) is 5. The molecule has 0 spiro atoms. The minimum absolute atomic E-state index is 0.115. The van der Waals surface area contributed by atoms with Gasteiger partial charge in [-0.3, -0.25) is 4.79 Å². The topological polar surface area (TPSA) is 94.1 Å². The van der Waals surface area contributed by atoms with Crippen LogP contribution in [0.2, 0.25) is 0 Å². The van der Waals surface area contributed by atoms with E-state index in [9.17, 15) is 9.59 Å². The Morgan fingerprint density at radius 3 is 2.45 bits per heavy atom. The van der Waals surface area contributed by atoms with Crippen LogP contribution in [-0.2, 0) is 14.3 Å². The molecule has 0 fully saturated rings. The van der Waals surface area contributed by atoms with Crippen molar-refractivity contribution in [2.24, 2.45) is 0 Å². The van der Waals surface area contributed by atoms with Crippen molar-refractivity contribution in [3.8, 4) is 11.5 Å². The molecule has 7 heteroatoms. The van der Waals surface area contributed by atoms with Gasteiger partial charge in [-0.2, -0.15) is 0 Å². The van der Waals surface area contributed by atoms with Crippen LogP contribution in [-0.4, -0.2) is 50.5 Å². The van der Waals surface area contributed by atoms with E-state index >= 15 is 0 Å². The Balaban J connectivity index is 2.52. The second-order valence-corrected chi connectivity index (χ2v) is 3.85. The number of carbonyl (C=O) groups excluding carboxylic acids is 1. The Morgan fingerprint density at radius 1 is 1.25 bits per heavy atom. The largest absolute Gasteiger partial charge is 0.493 e. The van der Waals surface area contributed by atoms with Crippen LogP contribution in [0.1, 0.15) is 0 Å². The minimum atomic E-state index is -1.17. The van der Waals surface area contributed by atoms with E-state index in [1.54, 1.807) is 24.3 Å². The zero-order chi connectivity index (χ0) is 15.0. The fraction of sp³-hybridized carbons (Fsp3) is 0.385. The first kappa shape index (κ1) is 15.8. The van der Waals surface area contributed by atoms with Gasteiger partial charge in [0.05, 0.1) is 13.7 Å². The van der Waals surface area contributed by atoms with Crippen molar-refractivity contribution in [1.82, 2.24) is 5.32 Å². The van der Waals surface area contributed by atoms with Crippen LogP contribution >= 0.6 is 0 Å². The lowest BCUT2D eigenvalue weighted by molar-refractivity contribution is -0.143. The number of aliphatic carboxylic acids is 1. The Hall–Kier alpha value is -2.28. The predicted molar refractivity (Wildman–Crippen MR) is 69.9 cm³/mol. The van der Waals surface area contributed by atoms with Crippen molar-refractivity contribution in [2.75, 3.05) is 27.4 Å². The van der Waals surface area contributed by atoms with Gasteiger partial charge in [0, 0.05) is 7.11 Å². The lowest BCUT2D eigenvalue weighted by Crippen LogP contribution is -2.45. The third-order valence-electron chi connectivity index (χ3n) is 2.39. The van der Waals surface area contributed by atoms with Gasteiger partial charge in [0.1, 0.15) is 0 Å². The first-order valence-electron chi connectivity index (χ1n) is 5.85. The molecule has 0 heterocycles. The molecule has 0 aliphatic carbocycles. The van der Waals surface area contributed by atoms with Crippen LogP contribution in [0, 0.1) is 0 Å². The fourth-order valence-electron chi connectivity index (χ4n) is 1.46. The van der Waals surface area contributed by atoms with Crippen molar-refractivity contribution in [3.63, 3.8) is 0 Å².